The molecule has 3 aliphatic rings. The smallest absolute Gasteiger partial charge is 0.320 e. The highest BCUT2D eigenvalue weighted by Gasteiger charge is 2.56. The molecule has 8 heteroatoms. The van der Waals surface area contributed by atoms with E-state index in [1.54, 1.807) is 18.3 Å². The zero-order valence-electron chi connectivity index (χ0n) is 22.0. The predicted octanol–water partition coefficient (Wildman–Crippen LogP) is 3.83. The van der Waals surface area contributed by atoms with Gasteiger partial charge in [-0.1, -0.05) is 36.4 Å². The number of carbonyl (C=O) groups excluding carboxylic acids is 2. The third kappa shape index (κ3) is 4.97. The molecule has 1 aliphatic heterocycles. The fourth-order valence-electron chi connectivity index (χ4n) is 6.51. The Kier molecular flexibility index (Phi) is 6.98. The van der Waals surface area contributed by atoms with E-state index in [4.69, 9.17) is 0 Å². The molecule has 0 bridgehead atoms. The summed E-state index contributed by atoms with van der Waals surface area (Å²) in [7, 11) is 4.29. The summed E-state index contributed by atoms with van der Waals surface area (Å²) < 4.78 is 0. The average molecular weight is 506 g/mol. The molecule has 2 aliphatic carbocycles. The molecular formula is C29H39N5O3. The van der Waals surface area contributed by atoms with Crippen LogP contribution in [0.15, 0.2) is 54.7 Å². The Labute approximate surface area is 219 Å². The number of urea groups is 1. The van der Waals surface area contributed by atoms with Gasteiger partial charge in [0.1, 0.15) is 5.82 Å². The summed E-state index contributed by atoms with van der Waals surface area (Å²) in [5, 5.41) is 13.9. The second-order valence-corrected chi connectivity index (χ2v) is 11.4. The van der Waals surface area contributed by atoms with Crippen LogP contribution in [-0.4, -0.2) is 81.6 Å². The molecule has 8 nitrogen and oxygen atoms in total. The van der Waals surface area contributed by atoms with Gasteiger partial charge in [-0.15, -0.1) is 0 Å². The van der Waals surface area contributed by atoms with Gasteiger partial charge in [-0.05, 0) is 76.7 Å². The Hall–Kier alpha value is -2.97. The fraction of sp³-hybridized carbons (Fsp3) is 0.552. The molecular weight excluding hydrogens is 466 g/mol. The molecule has 3 fully saturated rings. The number of β-amino-alcohol motifs (C(OH)–C–C–N with tert-alkyl or cyclic N) is 1. The molecule has 0 atom stereocenters. The summed E-state index contributed by atoms with van der Waals surface area (Å²) in [6.45, 7) is 1.32. The Morgan fingerprint density at radius 3 is 2.32 bits per heavy atom. The number of rotatable bonds is 8. The third-order valence-electron chi connectivity index (χ3n) is 9.01. The maximum atomic E-state index is 13.7. The van der Waals surface area contributed by atoms with Crippen molar-refractivity contribution in [1.29, 1.82) is 0 Å². The van der Waals surface area contributed by atoms with Crippen LogP contribution in [0, 0.1) is 0 Å². The van der Waals surface area contributed by atoms with Crippen LogP contribution < -0.4 is 5.32 Å². The number of nitrogens with zero attached hydrogens (tertiary/aromatic N) is 4. The highest BCUT2D eigenvalue weighted by Crippen LogP contribution is 2.50. The molecule has 0 unspecified atom stereocenters. The average Bonchev–Trinajstić information content (AvgIpc) is 3.13. The van der Waals surface area contributed by atoms with E-state index in [-0.39, 0.29) is 29.4 Å². The van der Waals surface area contributed by atoms with E-state index in [0.29, 0.717) is 25.5 Å². The number of amides is 3. The number of nitrogens with one attached hydrogen (secondary N) is 1. The van der Waals surface area contributed by atoms with Crippen molar-refractivity contribution < 1.29 is 14.7 Å². The van der Waals surface area contributed by atoms with Crippen molar-refractivity contribution in [2.24, 2.45) is 0 Å². The van der Waals surface area contributed by atoms with Crippen LogP contribution in [0.1, 0.15) is 56.9 Å². The van der Waals surface area contributed by atoms with Gasteiger partial charge < -0.3 is 20.2 Å². The van der Waals surface area contributed by atoms with Crippen molar-refractivity contribution in [3.8, 4) is 0 Å². The van der Waals surface area contributed by atoms with Crippen LogP contribution in [0.3, 0.4) is 0 Å². The molecule has 1 spiro atoms. The van der Waals surface area contributed by atoms with Crippen LogP contribution in [0.2, 0.25) is 0 Å². The lowest BCUT2D eigenvalue weighted by atomic mass is 9.67. The molecule has 2 N–H and O–H groups in total. The first-order chi connectivity index (χ1) is 17.8. The number of hydrogen-bond donors (Lipinski definition) is 2. The fourth-order valence-corrected chi connectivity index (χ4v) is 6.51. The van der Waals surface area contributed by atoms with E-state index in [1.165, 1.54) is 5.56 Å². The topological polar surface area (TPSA) is 89.0 Å². The van der Waals surface area contributed by atoms with Crippen LogP contribution in [0.5, 0.6) is 0 Å². The summed E-state index contributed by atoms with van der Waals surface area (Å²) >= 11 is 0. The molecule has 1 aromatic carbocycles. The Balaban J connectivity index is 1.32. The summed E-state index contributed by atoms with van der Waals surface area (Å²) in [4.78, 5) is 36.6. The number of aliphatic hydroxyl groups is 1. The number of anilines is 1. The van der Waals surface area contributed by atoms with Gasteiger partial charge in [0, 0.05) is 31.2 Å². The van der Waals surface area contributed by atoms with Gasteiger partial charge >= 0.3 is 6.03 Å². The molecule has 5 rings (SSSR count). The molecule has 2 aromatic rings. The summed E-state index contributed by atoms with van der Waals surface area (Å²) in [5.74, 6) is 0.356. The van der Waals surface area contributed by atoms with Crippen LogP contribution in [0.4, 0.5) is 10.6 Å². The lowest BCUT2D eigenvalue weighted by Crippen LogP contribution is -2.59. The zero-order chi connectivity index (χ0) is 26.1. The summed E-state index contributed by atoms with van der Waals surface area (Å²) in [6.07, 6.45) is 7.91. The molecule has 1 aromatic heterocycles. The van der Waals surface area contributed by atoms with Crippen molar-refractivity contribution in [2.45, 2.75) is 68.0 Å². The lowest BCUT2D eigenvalue weighted by molar-refractivity contribution is -0.116. The van der Waals surface area contributed by atoms with Crippen molar-refractivity contribution >= 4 is 17.8 Å². The first-order valence-corrected chi connectivity index (χ1v) is 13.5. The van der Waals surface area contributed by atoms with Crippen LogP contribution in [-0.2, 0) is 10.3 Å². The monoisotopic (exact) mass is 505 g/mol. The zero-order valence-corrected chi connectivity index (χ0v) is 22.0. The SMILES string of the molecule is CN(C)C1(c2ccccc2)CCC2(CC1)CN(CCC(=O)Nc1ccccn1)C(=O)N2CC1(O)CCC1. The van der Waals surface area contributed by atoms with Gasteiger partial charge in [-0.25, -0.2) is 9.78 Å². The van der Waals surface area contributed by atoms with Crippen LogP contribution >= 0.6 is 0 Å². The first kappa shape index (κ1) is 25.7. The van der Waals surface area contributed by atoms with E-state index in [1.807, 2.05) is 15.9 Å². The Morgan fingerprint density at radius 2 is 1.73 bits per heavy atom. The normalized spacial score (nSPS) is 27.0. The van der Waals surface area contributed by atoms with Crippen molar-refractivity contribution in [2.75, 3.05) is 39.0 Å². The lowest BCUT2D eigenvalue weighted by Gasteiger charge is -2.52. The van der Waals surface area contributed by atoms with E-state index < -0.39 is 5.60 Å². The van der Waals surface area contributed by atoms with Gasteiger partial charge in [-0.2, -0.15) is 0 Å². The Bertz CT molecular complexity index is 1100. The van der Waals surface area contributed by atoms with Crippen molar-refractivity contribution in [3.05, 3.63) is 60.3 Å². The molecule has 0 radical (unpaired) electrons. The van der Waals surface area contributed by atoms with Crippen molar-refractivity contribution in [3.63, 3.8) is 0 Å². The van der Waals surface area contributed by atoms with Gasteiger partial charge in [-0.3, -0.25) is 9.69 Å². The minimum atomic E-state index is -0.787. The van der Waals surface area contributed by atoms with E-state index >= 15 is 0 Å². The second-order valence-electron chi connectivity index (χ2n) is 11.4. The van der Waals surface area contributed by atoms with Gasteiger partial charge in [0.2, 0.25) is 5.91 Å². The second kappa shape index (κ2) is 10.1. The standard InChI is InChI=1S/C29H39N5O3/c1-32(2)29(23-9-4-3-5-10-23)17-15-27(16-18-29)21-33(26(36)34(27)22-28(37)13-8-14-28)20-12-25(35)31-24-11-6-7-19-30-24/h3-7,9-11,19,37H,8,12-18,20-22H2,1-2H3,(H,30,31,35). The summed E-state index contributed by atoms with van der Waals surface area (Å²) in [6, 6.07) is 16.0. The molecule has 2 saturated carbocycles. The maximum absolute atomic E-state index is 13.7. The minimum Gasteiger partial charge on any atom is -0.388 e. The molecule has 198 valence electrons. The molecule has 37 heavy (non-hydrogen) atoms. The highest BCUT2D eigenvalue weighted by molar-refractivity contribution is 5.90. The van der Waals surface area contributed by atoms with Crippen molar-refractivity contribution in [1.82, 2.24) is 19.7 Å². The Morgan fingerprint density at radius 1 is 1.03 bits per heavy atom. The van der Waals surface area contributed by atoms with E-state index in [2.05, 4.69) is 59.6 Å². The number of pyridine rings is 1. The maximum Gasteiger partial charge on any atom is 0.320 e. The van der Waals surface area contributed by atoms with Crippen LogP contribution in [0.25, 0.3) is 0 Å². The largest absolute Gasteiger partial charge is 0.388 e. The number of hydrogen-bond acceptors (Lipinski definition) is 5. The third-order valence-corrected chi connectivity index (χ3v) is 9.01. The van der Waals surface area contributed by atoms with Gasteiger partial charge in [0.25, 0.3) is 0 Å². The molecule has 3 amide bonds. The highest BCUT2D eigenvalue weighted by atomic mass is 16.3. The molecule has 1 saturated heterocycles. The first-order valence-electron chi connectivity index (χ1n) is 13.5. The number of benzene rings is 1. The number of aromatic nitrogens is 1. The molecule has 2 heterocycles. The van der Waals surface area contributed by atoms with Gasteiger partial charge in [0.15, 0.2) is 0 Å². The predicted molar refractivity (Wildman–Crippen MR) is 143 cm³/mol. The summed E-state index contributed by atoms with van der Waals surface area (Å²) in [5.41, 5.74) is 0.120. The van der Waals surface area contributed by atoms with E-state index in [9.17, 15) is 14.7 Å². The minimum absolute atomic E-state index is 0.0528. The van der Waals surface area contributed by atoms with E-state index in [0.717, 1.165) is 44.9 Å². The number of carbonyl (C=O) groups is 2. The quantitative estimate of drug-likeness (QED) is 0.569. The van der Waals surface area contributed by atoms with Gasteiger partial charge in [0.05, 0.1) is 17.7 Å².